The number of ketones is 2. The van der Waals surface area contributed by atoms with Crippen LogP contribution in [-0.2, 0) is 23.5 Å². The number of aromatic nitrogens is 15. The van der Waals surface area contributed by atoms with E-state index >= 15 is 0 Å². The summed E-state index contributed by atoms with van der Waals surface area (Å²) in [6.45, 7) is 26.9. The van der Waals surface area contributed by atoms with Crippen LogP contribution in [0.4, 0.5) is 58.2 Å². The summed E-state index contributed by atoms with van der Waals surface area (Å²) >= 11 is 3.35. The van der Waals surface area contributed by atoms with Gasteiger partial charge in [0.05, 0.1) is 63.3 Å². The van der Waals surface area contributed by atoms with E-state index in [0.29, 0.717) is 56.8 Å². The van der Waals surface area contributed by atoms with Gasteiger partial charge in [0.1, 0.15) is 55.9 Å². The molecular weight excluding hydrogens is 1820 g/mol. The van der Waals surface area contributed by atoms with Gasteiger partial charge in [0, 0.05) is 101 Å². The van der Waals surface area contributed by atoms with Crippen molar-refractivity contribution < 1.29 is 108 Å². The number of amides is 3. The molecule has 0 bridgehead atoms. The van der Waals surface area contributed by atoms with Gasteiger partial charge < -0.3 is 66.0 Å². The molecule has 1 aliphatic heterocycles. The van der Waals surface area contributed by atoms with E-state index in [1.807, 2.05) is 108 Å². The van der Waals surface area contributed by atoms with E-state index in [1.54, 1.807) is 89.7 Å². The quantitative estimate of drug-likeness (QED) is 0.0152. The number of carboxylic acid groups (broad SMARTS) is 1. The van der Waals surface area contributed by atoms with E-state index in [4.69, 9.17) is 28.6 Å². The number of carbonyl (C=O) groups excluding carboxylic acids is 5. The minimum atomic E-state index is -2.86. The number of carbonyl (C=O) groups is 6. The third-order valence-corrected chi connectivity index (χ3v) is 23.1. The van der Waals surface area contributed by atoms with Crippen LogP contribution in [0.25, 0.3) is 56.5 Å². The van der Waals surface area contributed by atoms with Gasteiger partial charge in [-0.3, -0.25) is 9.59 Å². The molecule has 3 aliphatic carbocycles. The normalized spacial score (nSPS) is 18.1. The van der Waals surface area contributed by atoms with Crippen LogP contribution in [0.2, 0.25) is 0 Å². The average molecular weight is 1930 g/mol. The van der Waals surface area contributed by atoms with Crippen molar-refractivity contribution >= 4 is 98.7 Å². The molecule has 0 unspecified atom stereocenters. The average Bonchev–Trinajstić information content (AvgIpc) is 1.60. The van der Waals surface area contributed by atoms with Crippen LogP contribution in [-0.4, -0.2) is 191 Å². The first-order valence-electron chi connectivity index (χ1n) is 43.8. The third-order valence-electron chi connectivity index (χ3n) is 22.7. The Hall–Kier alpha value is -12.2. The molecule has 0 spiro atoms. The Balaban J connectivity index is 0.000000176. The molecule has 12 aromatic rings. The zero-order chi connectivity index (χ0) is 95.9. The van der Waals surface area contributed by atoms with E-state index in [9.17, 15) is 55.1 Å². The Morgan fingerprint density at radius 1 is 0.437 bits per heavy atom. The largest absolute Gasteiger partial charge is 1.00 e. The predicted octanol–water partition coefficient (Wildman–Crippen LogP) is 15.3. The smallest absolute Gasteiger partial charge is 0.870 e. The molecule has 0 radical (unpaired) electrons. The number of ether oxygens (including phenoxy) is 3. The molecule has 3 aromatic carbocycles. The maximum Gasteiger partial charge on any atom is 1.00 e. The first-order chi connectivity index (χ1) is 62.7. The molecule has 3 amide bonds. The number of nitrogens with zero attached hydrogens (tertiary/aromatic N) is 15. The fourth-order valence-electron chi connectivity index (χ4n) is 15.6. The Bertz CT molecular complexity index is 5900. The summed E-state index contributed by atoms with van der Waals surface area (Å²) in [5.74, 6) is 0.689. The summed E-state index contributed by atoms with van der Waals surface area (Å²) in [6.07, 6.45) is 11.4. The van der Waals surface area contributed by atoms with Gasteiger partial charge in [-0.15, -0.1) is 0 Å². The molecule has 8 N–H and O–H groups in total. The molecule has 34 nitrogen and oxygen atoms in total. The summed E-state index contributed by atoms with van der Waals surface area (Å²) in [5.41, 5.74) is 1.26. The number of Topliss-reactive ketones (excluding diaryl/α,β-unsaturated/α-hetero) is 2. The molecule has 10 heterocycles. The van der Waals surface area contributed by atoms with Crippen molar-refractivity contribution in [3.05, 3.63) is 185 Å². The van der Waals surface area contributed by atoms with Gasteiger partial charge in [-0.25, -0.2) is 88.1 Å². The number of benzene rings is 3. The monoisotopic (exact) mass is 1930 g/mol. The van der Waals surface area contributed by atoms with Crippen molar-refractivity contribution in [2.24, 2.45) is 0 Å². The standard InChI is InChI=1S/C29H33F2N7O3.C28H31F2N7O4.C18H21BF2N2O3.C17H24BrN5O2.Li.H2O/c1-17(39)18-9-11-19(12-10-18)38-16-20(26(36-38)27(30)31)23-15-25-34-24(13-14-37(25)35-23)32-21-7-5-6-8-22(21)33-28(40)41-29(2,3)4;1-28(2,3)41-27(40)32-20-7-5-4-6-19(20)31-22-12-13-36-23(33-22)14-21(34-36)18-15-37(35-24(18)25(29)30)17-10-8-16(9-11-17)26(38)39;1-11(24)12-6-8-13(9-7-12)23-10-14(15(22-23)16(20)21)19-25-17(2,3)18(4,5)26-19;1-17(2,3)25-16(24)20-12-7-5-4-6-11(12)19-14-8-9-23-15(21-14)10-13(18)22-23;;/h9-16,21-22,27H,5-8H2,1-4H3,(H,32,34)(H,33,40);8-15,19-20,25H,4-7H2,1-3H3,(H,31,33)(H,32,40)(H,38,39);6-10,16H,1-5H3;8-12H,4-7H2,1-3H3,(H,19,21)(H,20,24);;1H2/q;;;;+1;/p-1/t21-,22+;19-,20+;;11-,12+;;/m11.1../s1. The molecule has 9 aromatic heterocycles. The predicted molar refractivity (Wildman–Crippen MR) is 492 cm³/mol. The summed E-state index contributed by atoms with van der Waals surface area (Å²) in [5, 5.41) is 53.7. The number of hydrogen-bond donors (Lipinski definition) is 7. The van der Waals surface area contributed by atoms with Crippen LogP contribution in [0.5, 0.6) is 0 Å². The summed E-state index contributed by atoms with van der Waals surface area (Å²) in [7, 11) is -0.922. The number of halogens is 7. The van der Waals surface area contributed by atoms with E-state index in [2.05, 4.69) is 93.4 Å². The van der Waals surface area contributed by atoms with Crippen molar-refractivity contribution in [1.82, 2.24) is 89.1 Å². The van der Waals surface area contributed by atoms with Gasteiger partial charge in [-0.05, 0) is 249 Å². The number of hydrogen-bond acceptors (Lipinski definition) is 24. The summed E-state index contributed by atoms with van der Waals surface area (Å²) in [6, 6.07) is 29.2. The molecule has 16 rings (SSSR count). The SMILES string of the molecule is CC(=O)c1ccc(-n2cc(-c3cc4nc(N[C@@H]5CCCC[C@@H]5NC(=O)OC(C)(C)C)ccn4n3)c(C(F)F)n2)cc1.CC(=O)c1ccc(-n2cc(B3OC(C)(C)C(C)(C)O3)c(C(F)F)n2)cc1.CC(C)(C)OC(=O)N[C@H]1CCCC[C@H]1Nc1ccn2nc(-c3cn(-c4ccc(C(=O)O)cc4)nc3C(F)F)cc2n1.CC(C)(C)OC(=O)N[C@H]1CCCC[C@H]1Nc1ccn2nc(Br)cc2n1.[Li+].[OH-]. The number of carboxylic acids is 1. The molecule has 3 saturated carbocycles. The van der Waals surface area contributed by atoms with Gasteiger partial charge >= 0.3 is 50.2 Å². The Morgan fingerprint density at radius 2 is 0.733 bits per heavy atom. The van der Waals surface area contributed by atoms with Crippen molar-refractivity contribution in [1.29, 1.82) is 0 Å². The number of anilines is 3. The first-order valence-corrected chi connectivity index (χ1v) is 44.6. The second-order valence-corrected chi connectivity index (χ2v) is 37.8. The number of nitrogens with one attached hydrogen (secondary N) is 6. The second-order valence-electron chi connectivity index (χ2n) is 36.9. The van der Waals surface area contributed by atoms with E-state index in [0.717, 1.165) is 93.1 Å². The van der Waals surface area contributed by atoms with Crippen molar-refractivity contribution in [2.75, 3.05) is 16.0 Å². The van der Waals surface area contributed by atoms with Crippen LogP contribution in [0, 0.1) is 0 Å². The minimum absolute atomic E-state index is 0. The fourth-order valence-corrected chi connectivity index (χ4v) is 15.9. The van der Waals surface area contributed by atoms with E-state index in [-0.39, 0.29) is 112 Å². The Labute approximate surface area is 796 Å². The van der Waals surface area contributed by atoms with Gasteiger partial charge in [0.2, 0.25) is 0 Å². The Morgan fingerprint density at radius 3 is 1.04 bits per heavy atom. The molecule has 6 atom stereocenters. The maximum absolute atomic E-state index is 14.0. The number of rotatable bonds is 21. The fraction of sp³-hybridized carbons (Fsp3) is 0.446. The molecule has 1 saturated heterocycles. The van der Waals surface area contributed by atoms with E-state index < -0.39 is 83.9 Å². The van der Waals surface area contributed by atoms with Gasteiger partial charge in [-0.1, -0.05) is 38.5 Å². The summed E-state index contributed by atoms with van der Waals surface area (Å²) < 4.78 is 120. The zero-order valence-corrected chi connectivity index (χ0v) is 79.4. The second kappa shape index (κ2) is 43.2. The van der Waals surface area contributed by atoms with Gasteiger partial charge in [-0.2, -0.15) is 30.6 Å². The topological polar surface area (TPSA) is 415 Å². The van der Waals surface area contributed by atoms with Crippen molar-refractivity contribution in [3.8, 4) is 39.6 Å². The number of fused-ring (bicyclic) bond motifs is 3. The molecular formula is C92H110BBrF6LiN21O13. The van der Waals surface area contributed by atoms with Crippen molar-refractivity contribution in [3.63, 3.8) is 0 Å². The van der Waals surface area contributed by atoms with E-state index in [1.165, 1.54) is 79.8 Å². The summed E-state index contributed by atoms with van der Waals surface area (Å²) in [4.78, 5) is 84.8. The molecule has 135 heavy (non-hydrogen) atoms. The third kappa shape index (κ3) is 26.7. The Kier molecular flexibility index (Phi) is 33.0. The number of aromatic carboxylic acids is 1. The van der Waals surface area contributed by atoms with Gasteiger partial charge in [0.15, 0.2) is 28.5 Å². The van der Waals surface area contributed by atoms with Crippen LogP contribution in [0.1, 0.15) is 248 Å². The van der Waals surface area contributed by atoms with Gasteiger partial charge in [0.25, 0.3) is 19.3 Å². The van der Waals surface area contributed by atoms with Crippen LogP contribution < -0.4 is 56.2 Å². The maximum atomic E-state index is 14.0. The minimum Gasteiger partial charge on any atom is -0.870 e. The number of alkyl halides is 6. The molecule has 4 fully saturated rings. The van der Waals surface area contributed by atoms with Crippen LogP contribution in [0.3, 0.4) is 0 Å². The molecule has 4 aliphatic rings. The first kappa shape index (κ1) is 103. The number of alkyl carbamates (subject to hydrolysis) is 3. The molecule has 714 valence electrons. The van der Waals surface area contributed by atoms with Crippen molar-refractivity contribution in [2.45, 2.75) is 264 Å². The zero-order valence-electron chi connectivity index (χ0n) is 77.9. The molecule has 43 heteroatoms. The van der Waals surface area contributed by atoms with Crippen LogP contribution >= 0.6 is 15.9 Å². The van der Waals surface area contributed by atoms with Crippen LogP contribution in [0.15, 0.2) is 151 Å².